The van der Waals surface area contributed by atoms with Crippen molar-refractivity contribution in [2.45, 2.75) is 32.1 Å². The second kappa shape index (κ2) is 8.89. The third-order valence-corrected chi connectivity index (χ3v) is 9.47. The third-order valence-electron chi connectivity index (χ3n) is 9.47. The number of rotatable bonds is 3. The van der Waals surface area contributed by atoms with Crippen LogP contribution in [0.1, 0.15) is 42.5 Å². The first-order valence-electron chi connectivity index (χ1n) is 15.1. The van der Waals surface area contributed by atoms with E-state index in [2.05, 4.69) is 139 Å². The SMILES string of the molecule is CC1(C)c2ccccc2-n2c3ccc(N(c4ccc5ccccc5n4)c4nccc5c4CCC=C5)cc3c3cccc1c32. The van der Waals surface area contributed by atoms with Crippen molar-refractivity contribution in [3.05, 3.63) is 138 Å². The molecule has 0 bridgehead atoms. The molecule has 0 spiro atoms. The molecule has 0 amide bonds. The Morgan fingerprint density at radius 2 is 1.65 bits per heavy atom. The first-order valence-corrected chi connectivity index (χ1v) is 15.1. The van der Waals surface area contributed by atoms with E-state index in [0.29, 0.717) is 0 Å². The van der Waals surface area contributed by atoms with Gasteiger partial charge in [-0.15, -0.1) is 0 Å². The maximum Gasteiger partial charge on any atom is 0.142 e. The molecule has 1 aliphatic heterocycles. The van der Waals surface area contributed by atoms with Crippen LogP contribution in [0.3, 0.4) is 0 Å². The molecule has 4 heteroatoms. The largest absolute Gasteiger partial charge is 0.309 e. The smallest absolute Gasteiger partial charge is 0.142 e. The topological polar surface area (TPSA) is 34.0 Å². The average Bonchev–Trinajstić information content (AvgIpc) is 3.38. The molecule has 43 heavy (non-hydrogen) atoms. The van der Waals surface area contributed by atoms with Crippen molar-refractivity contribution in [3.8, 4) is 5.69 Å². The van der Waals surface area contributed by atoms with Gasteiger partial charge >= 0.3 is 0 Å². The Hall–Kier alpha value is -5.22. The number of allylic oxidation sites excluding steroid dienone is 1. The lowest BCUT2D eigenvalue weighted by atomic mass is 9.75. The molecule has 0 fully saturated rings. The molecule has 2 aliphatic rings. The van der Waals surface area contributed by atoms with Crippen molar-refractivity contribution < 1.29 is 0 Å². The van der Waals surface area contributed by atoms with Gasteiger partial charge < -0.3 is 4.57 Å². The molecule has 0 radical (unpaired) electrons. The van der Waals surface area contributed by atoms with Gasteiger partial charge in [-0.1, -0.05) is 80.6 Å². The summed E-state index contributed by atoms with van der Waals surface area (Å²) in [5.41, 5.74) is 10.9. The van der Waals surface area contributed by atoms with Gasteiger partial charge in [0.15, 0.2) is 0 Å². The van der Waals surface area contributed by atoms with Gasteiger partial charge in [0.25, 0.3) is 0 Å². The molecule has 4 aromatic carbocycles. The Kier molecular flexibility index (Phi) is 5.04. The molecule has 4 heterocycles. The highest BCUT2D eigenvalue weighted by atomic mass is 15.2. The molecule has 0 atom stereocenters. The van der Waals surface area contributed by atoms with E-state index in [-0.39, 0.29) is 5.41 Å². The van der Waals surface area contributed by atoms with Crippen LogP contribution in [0.15, 0.2) is 115 Å². The first-order chi connectivity index (χ1) is 21.1. The standard InChI is InChI=1S/C39H30N4/c1-39(2)31-14-6-8-17-35(31)43-34-20-19-27(24-30(34)29-13-9-15-32(39)37(29)43)42(36-21-18-26-11-4-7-16-33(26)41-36)38-28-12-5-3-10-25(28)22-23-40-38/h3-4,6-11,13-24H,5,12H2,1-2H3. The molecular formula is C39H30N4. The van der Waals surface area contributed by atoms with Crippen molar-refractivity contribution in [1.82, 2.24) is 14.5 Å². The summed E-state index contributed by atoms with van der Waals surface area (Å²) in [4.78, 5) is 12.4. The summed E-state index contributed by atoms with van der Waals surface area (Å²) in [6.07, 6.45) is 8.37. The molecular weight excluding hydrogens is 524 g/mol. The first kappa shape index (κ1) is 24.4. The van der Waals surface area contributed by atoms with Gasteiger partial charge in [0, 0.05) is 39.0 Å². The van der Waals surface area contributed by atoms with Gasteiger partial charge in [0.2, 0.25) is 0 Å². The predicted molar refractivity (Wildman–Crippen MR) is 178 cm³/mol. The van der Waals surface area contributed by atoms with Gasteiger partial charge in [-0.25, -0.2) is 9.97 Å². The zero-order valence-corrected chi connectivity index (χ0v) is 24.3. The molecule has 206 valence electrons. The lowest BCUT2D eigenvalue weighted by Crippen LogP contribution is -2.26. The average molecular weight is 555 g/mol. The molecule has 9 rings (SSSR count). The fourth-order valence-electron chi connectivity index (χ4n) is 7.37. The summed E-state index contributed by atoms with van der Waals surface area (Å²) in [6, 6.07) is 37.2. The quantitative estimate of drug-likeness (QED) is 0.218. The maximum atomic E-state index is 5.18. The van der Waals surface area contributed by atoms with Crippen molar-refractivity contribution in [1.29, 1.82) is 0 Å². The summed E-state index contributed by atoms with van der Waals surface area (Å²) in [6.45, 7) is 4.69. The van der Waals surface area contributed by atoms with Crippen LogP contribution in [0.5, 0.6) is 0 Å². The number of anilines is 3. The van der Waals surface area contributed by atoms with E-state index in [0.717, 1.165) is 41.1 Å². The second-order valence-electron chi connectivity index (χ2n) is 12.2. The second-order valence-corrected chi connectivity index (χ2v) is 12.2. The Morgan fingerprint density at radius 1 is 0.791 bits per heavy atom. The fraction of sp³-hybridized carbons (Fsp3) is 0.128. The van der Waals surface area contributed by atoms with Gasteiger partial charge in [-0.05, 0) is 78.1 Å². The van der Waals surface area contributed by atoms with E-state index in [1.54, 1.807) is 0 Å². The van der Waals surface area contributed by atoms with Crippen molar-refractivity contribution in [2.75, 3.05) is 4.90 Å². The molecule has 1 aliphatic carbocycles. The molecule has 0 unspecified atom stereocenters. The van der Waals surface area contributed by atoms with Crippen LogP contribution in [0.25, 0.3) is 44.5 Å². The van der Waals surface area contributed by atoms with E-state index < -0.39 is 0 Å². The third kappa shape index (κ3) is 3.44. The summed E-state index contributed by atoms with van der Waals surface area (Å²) in [7, 11) is 0. The molecule has 0 N–H and O–H groups in total. The molecule has 7 aromatic rings. The Morgan fingerprint density at radius 3 is 2.60 bits per heavy atom. The van der Waals surface area contributed by atoms with Crippen molar-refractivity contribution >= 4 is 56.1 Å². The van der Waals surface area contributed by atoms with Crippen molar-refractivity contribution in [2.24, 2.45) is 0 Å². The lowest BCUT2D eigenvalue weighted by Gasteiger charge is -2.34. The predicted octanol–water partition coefficient (Wildman–Crippen LogP) is 9.80. The minimum atomic E-state index is -0.0924. The summed E-state index contributed by atoms with van der Waals surface area (Å²) < 4.78 is 2.47. The minimum absolute atomic E-state index is 0.0924. The van der Waals surface area contributed by atoms with Crippen LogP contribution >= 0.6 is 0 Å². The summed E-state index contributed by atoms with van der Waals surface area (Å²) in [5.74, 6) is 1.82. The number of hydrogen-bond donors (Lipinski definition) is 0. The highest BCUT2D eigenvalue weighted by Crippen LogP contribution is 2.48. The number of para-hydroxylation sites is 3. The van der Waals surface area contributed by atoms with E-state index in [1.807, 2.05) is 6.20 Å². The Balaban J connectivity index is 1.34. The number of nitrogens with zero attached hydrogens (tertiary/aromatic N) is 4. The number of pyridine rings is 2. The number of benzene rings is 4. The van der Waals surface area contributed by atoms with Crippen molar-refractivity contribution in [3.63, 3.8) is 0 Å². The van der Waals surface area contributed by atoms with Gasteiger partial charge in [0.1, 0.15) is 11.6 Å². The highest BCUT2D eigenvalue weighted by Gasteiger charge is 2.35. The lowest BCUT2D eigenvalue weighted by molar-refractivity contribution is 0.630. The minimum Gasteiger partial charge on any atom is -0.309 e. The van der Waals surface area contributed by atoms with Crippen LogP contribution in [-0.4, -0.2) is 14.5 Å². The Labute approximate surface area is 250 Å². The van der Waals surface area contributed by atoms with Gasteiger partial charge in [0.05, 0.1) is 22.2 Å². The van der Waals surface area contributed by atoms with Crippen LogP contribution in [0, 0.1) is 0 Å². The number of fused-ring (bicyclic) bond motifs is 7. The molecule has 3 aromatic heterocycles. The number of aromatic nitrogens is 3. The maximum absolute atomic E-state index is 5.18. The van der Waals surface area contributed by atoms with Crippen LogP contribution in [-0.2, 0) is 11.8 Å². The van der Waals surface area contributed by atoms with E-state index in [4.69, 9.17) is 9.97 Å². The van der Waals surface area contributed by atoms with Gasteiger partial charge in [-0.3, -0.25) is 4.90 Å². The number of hydrogen-bond acceptors (Lipinski definition) is 3. The highest BCUT2D eigenvalue weighted by molar-refractivity contribution is 6.12. The van der Waals surface area contributed by atoms with E-state index in [9.17, 15) is 0 Å². The zero-order chi connectivity index (χ0) is 28.7. The van der Waals surface area contributed by atoms with Crippen LogP contribution in [0.2, 0.25) is 0 Å². The van der Waals surface area contributed by atoms with E-state index in [1.165, 1.54) is 49.7 Å². The summed E-state index contributed by atoms with van der Waals surface area (Å²) in [5, 5.41) is 3.63. The monoisotopic (exact) mass is 554 g/mol. The molecule has 0 saturated carbocycles. The van der Waals surface area contributed by atoms with Crippen LogP contribution in [0.4, 0.5) is 17.3 Å². The zero-order valence-electron chi connectivity index (χ0n) is 24.3. The molecule has 4 nitrogen and oxygen atoms in total. The van der Waals surface area contributed by atoms with Gasteiger partial charge in [-0.2, -0.15) is 0 Å². The summed E-state index contributed by atoms with van der Waals surface area (Å²) >= 11 is 0. The van der Waals surface area contributed by atoms with Crippen LogP contribution < -0.4 is 4.90 Å². The molecule has 0 saturated heterocycles. The fourth-order valence-corrected chi connectivity index (χ4v) is 7.37. The Bertz CT molecular complexity index is 2290. The van der Waals surface area contributed by atoms with E-state index >= 15 is 0 Å². The normalized spacial score (nSPS) is 14.7.